The summed E-state index contributed by atoms with van der Waals surface area (Å²) in [5.41, 5.74) is 3.26. The first kappa shape index (κ1) is 17.9. The molecule has 1 aromatic heterocycles. The molecule has 1 unspecified atom stereocenters. The van der Waals surface area contributed by atoms with E-state index in [0.29, 0.717) is 13.1 Å². The van der Waals surface area contributed by atoms with E-state index in [2.05, 4.69) is 20.9 Å². The lowest BCUT2D eigenvalue weighted by atomic mass is 10.1. The second-order valence-electron chi connectivity index (χ2n) is 6.75. The highest BCUT2D eigenvalue weighted by Crippen LogP contribution is 2.29. The Morgan fingerprint density at radius 3 is 2.96 bits per heavy atom. The molecule has 2 heterocycles. The average molecular weight is 429 g/mol. The Morgan fingerprint density at radius 2 is 2.15 bits per heavy atom. The largest absolute Gasteiger partial charge is 0.497 e. The predicted octanol–water partition coefficient (Wildman–Crippen LogP) is 4.29. The maximum Gasteiger partial charge on any atom is 0.263 e. The van der Waals surface area contributed by atoms with E-state index in [1.54, 1.807) is 7.11 Å². The van der Waals surface area contributed by atoms with Crippen molar-refractivity contribution >= 4 is 32.7 Å². The van der Waals surface area contributed by atoms with Crippen LogP contribution in [0.2, 0.25) is 0 Å². The zero-order chi connectivity index (χ0) is 19.0. The molecule has 1 amide bonds. The van der Waals surface area contributed by atoms with Crippen LogP contribution in [0.5, 0.6) is 11.5 Å². The fraction of sp³-hybridized carbons (Fsp3) is 0.286. The number of halogens is 1. The van der Waals surface area contributed by atoms with Crippen LogP contribution in [-0.2, 0) is 17.8 Å². The van der Waals surface area contributed by atoms with Gasteiger partial charge in [0.25, 0.3) is 5.91 Å². The Balaban J connectivity index is 1.57. The van der Waals surface area contributed by atoms with Gasteiger partial charge in [-0.05, 0) is 55.3 Å². The lowest BCUT2D eigenvalue weighted by Crippen LogP contribution is -2.39. The number of carbonyl (C=O) groups is 1. The summed E-state index contributed by atoms with van der Waals surface area (Å²) in [7, 11) is 1.67. The van der Waals surface area contributed by atoms with Crippen LogP contribution in [0.15, 0.2) is 47.1 Å². The van der Waals surface area contributed by atoms with Gasteiger partial charge in [0.2, 0.25) is 0 Å². The number of amides is 1. The molecule has 3 aromatic rings. The molecule has 0 aliphatic carbocycles. The summed E-state index contributed by atoms with van der Waals surface area (Å²) in [4.78, 5) is 18.0. The van der Waals surface area contributed by atoms with Gasteiger partial charge >= 0.3 is 0 Å². The number of carbonyl (C=O) groups excluding carboxylic acids is 1. The molecule has 0 radical (unpaired) electrons. The Kier molecular flexibility index (Phi) is 4.83. The summed E-state index contributed by atoms with van der Waals surface area (Å²) in [5.74, 6) is 1.62. The van der Waals surface area contributed by atoms with Crippen LogP contribution in [0.3, 0.4) is 0 Å². The zero-order valence-corrected chi connectivity index (χ0v) is 16.9. The lowest BCUT2D eigenvalue weighted by molar-refractivity contribution is -0.137. The van der Waals surface area contributed by atoms with Crippen LogP contribution in [-0.4, -0.2) is 35.5 Å². The molecule has 0 fully saturated rings. The molecule has 0 saturated heterocycles. The first-order valence-electron chi connectivity index (χ1n) is 8.93. The smallest absolute Gasteiger partial charge is 0.263 e. The quantitative estimate of drug-likeness (QED) is 0.673. The first-order chi connectivity index (χ1) is 13.0. The van der Waals surface area contributed by atoms with E-state index >= 15 is 0 Å². The van der Waals surface area contributed by atoms with Crippen molar-refractivity contribution in [2.75, 3.05) is 13.7 Å². The number of nitrogens with zero attached hydrogens (tertiary/aromatic N) is 1. The number of methoxy groups -OCH3 is 1. The summed E-state index contributed by atoms with van der Waals surface area (Å²) < 4.78 is 12.2. The van der Waals surface area contributed by atoms with E-state index < -0.39 is 6.10 Å². The van der Waals surface area contributed by atoms with Crippen LogP contribution >= 0.6 is 15.9 Å². The highest BCUT2D eigenvalue weighted by Gasteiger charge is 2.27. The van der Waals surface area contributed by atoms with Crippen LogP contribution < -0.4 is 9.47 Å². The number of fused-ring (bicyclic) bond motifs is 2. The molecule has 0 bridgehead atoms. The molecule has 1 aliphatic rings. The van der Waals surface area contributed by atoms with Crippen LogP contribution in [0, 0.1) is 0 Å². The number of benzene rings is 2. The maximum absolute atomic E-state index is 12.8. The summed E-state index contributed by atoms with van der Waals surface area (Å²) >= 11 is 3.50. The molecule has 2 aromatic carbocycles. The SMILES string of the molecule is COc1ccc2[nH]cc(CCN3Cc4cc(Br)ccc4OC(C)C3=O)c2c1. The van der Waals surface area contributed by atoms with Gasteiger partial charge in [-0.1, -0.05) is 15.9 Å². The molecule has 6 heteroatoms. The second kappa shape index (κ2) is 7.27. The van der Waals surface area contributed by atoms with Crippen molar-refractivity contribution in [3.8, 4) is 11.5 Å². The van der Waals surface area contributed by atoms with Crippen molar-refractivity contribution in [2.24, 2.45) is 0 Å². The highest BCUT2D eigenvalue weighted by molar-refractivity contribution is 9.10. The number of rotatable bonds is 4. The zero-order valence-electron chi connectivity index (χ0n) is 15.3. The molecular weight excluding hydrogens is 408 g/mol. The molecule has 27 heavy (non-hydrogen) atoms. The number of hydrogen-bond donors (Lipinski definition) is 1. The van der Waals surface area contributed by atoms with E-state index in [9.17, 15) is 4.79 Å². The summed E-state index contributed by atoms with van der Waals surface area (Å²) in [5, 5.41) is 1.13. The number of hydrogen-bond acceptors (Lipinski definition) is 3. The van der Waals surface area contributed by atoms with Gasteiger partial charge in [-0.3, -0.25) is 4.79 Å². The number of aromatic amines is 1. The van der Waals surface area contributed by atoms with Crippen LogP contribution in [0.4, 0.5) is 0 Å². The Labute approximate surface area is 166 Å². The highest BCUT2D eigenvalue weighted by atomic mass is 79.9. The summed E-state index contributed by atoms with van der Waals surface area (Å²) in [6.07, 6.45) is 2.28. The van der Waals surface area contributed by atoms with E-state index in [-0.39, 0.29) is 5.91 Å². The van der Waals surface area contributed by atoms with Crippen LogP contribution in [0.25, 0.3) is 10.9 Å². The van der Waals surface area contributed by atoms with Gasteiger partial charge in [0.1, 0.15) is 11.5 Å². The molecule has 1 N–H and O–H groups in total. The molecule has 1 atom stereocenters. The normalized spacial score (nSPS) is 16.8. The van der Waals surface area contributed by atoms with E-state index in [4.69, 9.17) is 9.47 Å². The number of aromatic nitrogens is 1. The fourth-order valence-corrected chi connectivity index (χ4v) is 3.91. The summed E-state index contributed by atoms with van der Waals surface area (Å²) in [6.45, 7) is 2.98. The van der Waals surface area contributed by atoms with Gasteiger partial charge in [-0.2, -0.15) is 0 Å². The molecule has 1 aliphatic heterocycles. The van der Waals surface area contributed by atoms with Gasteiger partial charge in [0.05, 0.1) is 7.11 Å². The third-order valence-electron chi connectivity index (χ3n) is 4.97. The van der Waals surface area contributed by atoms with E-state index in [1.807, 2.05) is 54.4 Å². The molecular formula is C21H21BrN2O3. The van der Waals surface area contributed by atoms with Crippen molar-refractivity contribution in [1.82, 2.24) is 9.88 Å². The minimum absolute atomic E-state index is 0.0137. The lowest BCUT2D eigenvalue weighted by Gasteiger charge is -2.22. The standard InChI is InChI=1S/C21H21BrN2O3/c1-13-21(25)24(12-15-9-16(22)3-6-20(15)27-13)8-7-14-11-23-19-5-4-17(26-2)10-18(14)19/h3-6,9-11,13,23H,7-8,12H2,1-2H3. The van der Waals surface area contributed by atoms with Crippen molar-refractivity contribution in [3.63, 3.8) is 0 Å². The van der Waals surface area contributed by atoms with E-state index in [0.717, 1.165) is 38.9 Å². The van der Waals surface area contributed by atoms with Gasteiger partial charge in [0.15, 0.2) is 6.10 Å². The third-order valence-corrected chi connectivity index (χ3v) is 5.47. The number of nitrogens with one attached hydrogen (secondary N) is 1. The maximum atomic E-state index is 12.8. The van der Waals surface area contributed by atoms with Gasteiger partial charge in [0, 0.05) is 40.2 Å². The first-order valence-corrected chi connectivity index (χ1v) is 9.72. The molecule has 4 rings (SSSR count). The predicted molar refractivity (Wildman–Crippen MR) is 108 cm³/mol. The monoisotopic (exact) mass is 428 g/mol. The van der Waals surface area contributed by atoms with E-state index in [1.165, 1.54) is 5.56 Å². The number of ether oxygens (including phenoxy) is 2. The Bertz CT molecular complexity index is 998. The van der Waals surface area contributed by atoms with Crippen molar-refractivity contribution in [2.45, 2.75) is 26.0 Å². The van der Waals surface area contributed by atoms with Crippen molar-refractivity contribution in [3.05, 3.63) is 58.2 Å². The van der Waals surface area contributed by atoms with Gasteiger partial charge < -0.3 is 19.4 Å². The molecule has 0 saturated carbocycles. The Hall–Kier alpha value is -2.47. The molecule has 140 valence electrons. The number of H-pyrrole nitrogens is 1. The molecule has 5 nitrogen and oxygen atoms in total. The topological polar surface area (TPSA) is 54.6 Å². The van der Waals surface area contributed by atoms with Gasteiger partial charge in [-0.25, -0.2) is 0 Å². The Morgan fingerprint density at radius 1 is 1.30 bits per heavy atom. The summed E-state index contributed by atoms with van der Waals surface area (Å²) in [6, 6.07) is 11.9. The minimum atomic E-state index is -0.490. The van der Waals surface area contributed by atoms with Gasteiger partial charge in [-0.15, -0.1) is 0 Å². The minimum Gasteiger partial charge on any atom is -0.497 e. The van der Waals surface area contributed by atoms with Crippen molar-refractivity contribution < 1.29 is 14.3 Å². The second-order valence-corrected chi connectivity index (χ2v) is 7.66. The fourth-order valence-electron chi connectivity index (χ4n) is 3.50. The van der Waals surface area contributed by atoms with Crippen molar-refractivity contribution in [1.29, 1.82) is 0 Å². The van der Waals surface area contributed by atoms with Crippen LogP contribution in [0.1, 0.15) is 18.1 Å². The third kappa shape index (κ3) is 3.54. The average Bonchev–Trinajstić information content (AvgIpc) is 3.03. The molecule has 0 spiro atoms.